The van der Waals surface area contributed by atoms with Crippen LogP contribution in [-0.4, -0.2) is 7.11 Å². The number of hydrogen-bond donors (Lipinski definition) is 0. The number of ether oxygens (including phenoxy) is 1. The molecule has 0 unspecified atom stereocenters. The largest absolute Gasteiger partial charge is 0.497 e. The van der Waals surface area contributed by atoms with E-state index < -0.39 is 0 Å². The Morgan fingerprint density at radius 3 is 2.17 bits per heavy atom. The van der Waals surface area contributed by atoms with Crippen molar-refractivity contribution >= 4 is 11.1 Å². The van der Waals surface area contributed by atoms with E-state index in [9.17, 15) is 4.39 Å². The number of methoxy groups -OCH3 is 1. The molecule has 0 amide bonds. The average Bonchev–Trinajstić information content (AvgIpc) is 2.62. The predicted molar refractivity (Wildman–Crippen MR) is 101 cm³/mol. The van der Waals surface area contributed by atoms with Gasteiger partial charge in [-0.2, -0.15) is 0 Å². The minimum absolute atomic E-state index is 0.203. The second kappa shape index (κ2) is 9.07. The molecule has 2 rings (SSSR count). The van der Waals surface area contributed by atoms with Gasteiger partial charge in [0.15, 0.2) is 0 Å². The lowest BCUT2D eigenvalue weighted by Crippen LogP contribution is -1.93. The van der Waals surface area contributed by atoms with Gasteiger partial charge >= 0.3 is 0 Å². The highest BCUT2D eigenvalue weighted by atomic mass is 19.1. The number of rotatable bonds is 7. The van der Waals surface area contributed by atoms with E-state index in [1.54, 1.807) is 7.11 Å². The van der Waals surface area contributed by atoms with Gasteiger partial charge in [-0.25, -0.2) is 4.39 Å². The molecule has 24 heavy (non-hydrogen) atoms. The van der Waals surface area contributed by atoms with Crippen LogP contribution in [0.4, 0.5) is 4.39 Å². The van der Waals surface area contributed by atoms with Crippen LogP contribution < -0.4 is 4.74 Å². The maximum atomic E-state index is 13.3. The molecule has 0 aliphatic rings. The van der Waals surface area contributed by atoms with Crippen LogP contribution in [0.5, 0.6) is 5.75 Å². The van der Waals surface area contributed by atoms with E-state index in [0.717, 1.165) is 36.1 Å². The summed E-state index contributed by atoms with van der Waals surface area (Å²) in [7, 11) is 1.67. The van der Waals surface area contributed by atoms with Crippen LogP contribution in [0.3, 0.4) is 0 Å². The van der Waals surface area contributed by atoms with Gasteiger partial charge in [0.2, 0.25) is 0 Å². The molecule has 2 aromatic rings. The molecule has 0 radical (unpaired) electrons. The molecule has 0 N–H and O–H groups in total. The number of benzene rings is 2. The van der Waals surface area contributed by atoms with E-state index in [2.05, 4.69) is 31.2 Å². The first kappa shape index (κ1) is 18.0. The minimum atomic E-state index is -0.203. The van der Waals surface area contributed by atoms with Crippen molar-refractivity contribution in [2.75, 3.05) is 7.11 Å². The lowest BCUT2D eigenvalue weighted by atomic mass is 9.90. The molecule has 0 aliphatic carbocycles. The highest BCUT2D eigenvalue weighted by molar-refractivity contribution is 5.95. The van der Waals surface area contributed by atoms with E-state index >= 15 is 0 Å². The number of halogens is 1. The second-order valence-electron chi connectivity index (χ2n) is 5.73. The summed E-state index contributed by atoms with van der Waals surface area (Å²) < 4.78 is 18.6. The summed E-state index contributed by atoms with van der Waals surface area (Å²) in [5.41, 5.74) is 4.65. The fourth-order valence-electron chi connectivity index (χ4n) is 2.75. The third-order valence-electron chi connectivity index (χ3n) is 4.03. The molecule has 0 aromatic heterocycles. The Labute approximate surface area is 144 Å². The topological polar surface area (TPSA) is 9.23 Å². The Bertz CT molecular complexity index is 694. The Kier molecular flexibility index (Phi) is 6.80. The van der Waals surface area contributed by atoms with Crippen LogP contribution in [0.25, 0.3) is 11.1 Å². The molecular weight excluding hydrogens is 299 g/mol. The van der Waals surface area contributed by atoms with Gasteiger partial charge in [0.05, 0.1) is 7.11 Å². The van der Waals surface area contributed by atoms with Crippen molar-refractivity contribution in [2.24, 2.45) is 0 Å². The molecule has 0 saturated carbocycles. The first-order chi connectivity index (χ1) is 11.7. The zero-order valence-electron chi connectivity index (χ0n) is 14.7. The Hall–Kier alpha value is -2.35. The molecule has 1 nitrogen and oxygen atoms in total. The Morgan fingerprint density at radius 2 is 1.62 bits per heavy atom. The lowest BCUT2D eigenvalue weighted by molar-refractivity contribution is 0.415. The fraction of sp³-hybridized carbons (Fsp3) is 0.273. The normalized spacial score (nSPS) is 12.3. The second-order valence-corrected chi connectivity index (χ2v) is 5.73. The van der Waals surface area contributed by atoms with Gasteiger partial charge in [-0.05, 0) is 66.3 Å². The summed E-state index contributed by atoms with van der Waals surface area (Å²) >= 11 is 0. The van der Waals surface area contributed by atoms with Gasteiger partial charge < -0.3 is 4.74 Å². The highest BCUT2D eigenvalue weighted by Gasteiger charge is 2.10. The molecule has 0 spiro atoms. The first-order valence-corrected chi connectivity index (χ1v) is 8.45. The molecule has 0 atom stereocenters. The van der Waals surface area contributed by atoms with Crippen molar-refractivity contribution in [3.63, 3.8) is 0 Å². The van der Waals surface area contributed by atoms with Crippen molar-refractivity contribution in [3.8, 4) is 5.75 Å². The monoisotopic (exact) mass is 324 g/mol. The molecule has 0 heterocycles. The van der Waals surface area contributed by atoms with Gasteiger partial charge in [0, 0.05) is 0 Å². The fourth-order valence-corrected chi connectivity index (χ4v) is 2.75. The van der Waals surface area contributed by atoms with Gasteiger partial charge in [0.1, 0.15) is 11.6 Å². The van der Waals surface area contributed by atoms with E-state index in [-0.39, 0.29) is 5.82 Å². The third-order valence-corrected chi connectivity index (χ3v) is 4.03. The van der Waals surface area contributed by atoms with Crippen molar-refractivity contribution in [1.82, 2.24) is 0 Å². The molecule has 2 heteroatoms. The van der Waals surface area contributed by atoms with Gasteiger partial charge in [0.25, 0.3) is 0 Å². The van der Waals surface area contributed by atoms with Crippen molar-refractivity contribution in [3.05, 3.63) is 77.6 Å². The standard InChI is InChI=1S/C22H25FO/c1-4-6-8-22(17-9-13-19(23)14-10-17)21(7-5-2)18-11-15-20(24-3)16-12-18/h5,7,9-16H,4,6,8H2,1-3H3/b7-5-,22-21-. The zero-order valence-corrected chi connectivity index (χ0v) is 14.7. The number of allylic oxidation sites excluding steroid dienone is 4. The molecule has 0 saturated heterocycles. The third kappa shape index (κ3) is 4.58. The molecular formula is C22H25FO. The van der Waals surface area contributed by atoms with E-state index in [1.807, 2.05) is 31.2 Å². The Morgan fingerprint density at radius 1 is 1.00 bits per heavy atom. The molecule has 0 fully saturated rings. The Balaban J connectivity index is 2.56. The summed E-state index contributed by atoms with van der Waals surface area (Å²) in [5.74, 6) is 0.640. The molecule has 0 bridgehead atoms. The minimum Gasteiger partial charge on any atom is -0.497 e. The maximum Gasteiger partial charge on any atom is 0.123 e. The lowest BCUT2D eigenvalue weighted by Gasteiger charge is -2.14. The molecule has 0 aliphatic heterocycles. The zero-order chi connectivity index (χ0) is 17.4. The average molecular weight is 324 g/mol. The number of hydrogen-bond acceptors (Lipinski definition) is 1. The van der Waals surface area contributed by atoms with Crippen LogP contribution in [0.2, 0.25) is 0 Å². The van der Waals surface area contributed by atoms with Crippen molar-refractivity contribution < 1.29 is 9.13 Å². The highest BCUT2D eigenvalue weighted by Crippen LogP contribution is 2.32. The summed E-state index contributed by atoms with van der Waals surface area (Å²) in [6.45, 7) is 4.20. The maximum absolute atomic E-state index is 13.3. The molecule has 126 valence electrons. The van der Waals surface area contributed by atoms with Crippen LogP contribution in [0.1, 0.15) is 44.2 Å². The van der Waals surface area contributed by atoms with Crippen molar-refractivity contribution in [2.45, 2.75) is 33.1 Å². The molecule has 2 aromatic carbocycles. The van der Waals surface area contributed by atoms with E-state index in [1.165, 1.54) is 23.3 Å². The van der Waals surface area contributed by atoms with E-state index in [0.29, 0.717) is 0 Å². The smallest absolute Gasteiger partial charge is 0.123 e. The van der Waals surface area contributed by atoms with Gasteiger partial charge in [-0.1, -0.05) is 49.8 Å². The summed E-state index contributed by atoms with van der Waals surface area (Å²) in [6.07, 6.45) is 7.37. The van der Waals surface area contributed by atoms with E-state index in [4.69, 9.17) is 4.74 Å². The summed E-state index contributed by atoms with van der Waals surface area (Å²) in [6, 6.07) is 14.9. The summed E-state index contributed by atoms with van der Waals surface area (Å²) in [4.78, 5) is 0. The SMILES string of the molecule is C/C=C\C(=C(/CCCC)c1ccc(F)cc1)c1ccc(OC)cc1. The van der Waals surface area contributed by atoms with Gasteiger partial charge in [-0.15, -0.1) is 0 Å². The predicted octanol–water partition coefficient (Wildman–Crippen LogP) is 6.51. The first-order valence-electron chi connectivity index (χ1n) is 8.45. The van der Waals surface area contributed by atoms with Crippen LogP contribution in [0.15, 0.2) is 60.7 Å². The number of unbranched alkanes of at least 4 members (excludes halogenated alkanes) is 1. The van der Waals surface area contributed by atoms with Crippen molar-refractivity contribution in [1.29, 1.82) is 0 Å². The summed E-state index contributed by atoms with van der Waals surface area (Å²) in [5, 5.41) is 0. The van der Waals surface area contributed by atoms with Gasteiger partial charge in [-0.3, -0.25) is 0 Å². The van der Waals surface area contributed by atoms with Crippen LogP contribution >= 0.6 is 0 Å². The quantitative estimate of drug-likeness (QED) is 0.416. The van der Waals surface area contributed by atoms with Crippen LogP contribution in [0, 0.1) is 5.82 Å². The van der Waals surface area contributed by atoms with Crippen LogP contribution in [-0.2, 0) is 0 Å².